The molecule has 1 unspecified atom stereocenters. The Kier molecular flexibility index (Phi) is 6.69. The summed E-state index contributed by atoms with van der Waals surface area (Å²) in [7, 11) is 1.67. The summed E-state index contributed by atoms with van der Waals surface area (Å²) in [5.74, 6) is -0.603. The number of primary amides is 1. The van der Waals surface area contributed by atoms with E-state index in [4.69, 9.17) is 10.7 Å². The van der Waals surface area contributed by atoms with E-state index >= 15 is 4.39 Å². The number of aliphatic hydroxyl groups excluding tert-OH is 1. The van der Waals surface area contributed by atoms with Gasteiger partial charge in [-0.25, -0.2) is 19.2 Å². The van der Waals surface area contributed by atoms with Gasteiger partial charge in [0.2, 0.25) is 12.3 Å². The van der Waals surface area contributed by atoms with Gasteiger partial charge in [-0.2, -0.15) is 5.10 Å². The molecule has 0 saturated carbocycles. The molecule has 202 valence electrons. The van der Waals surface area contributed by atoms with E-state index in [9.17, 15) is 14.7 Å². The number of pyridine rings is 1. The molecule has 10 nitrogen and oxygen atoms in total. The molecule has 2 aliphatic heterocycles. The Bertz CT molecular complexity index is 1490. The molecule has 2 atom stereocenters. The average molecular weight is 532 g/mol. The Morgan fingerprint density at radius 1 is 1.15 bits per heavy atom. The van der Waals surface area contributed by atoms with Crippen LogP contribution >= 0.6 is 0 Å². The van der Waals surface area contributed by atoms with E-state index in [0.29, 0.717) is 58.1 Å². The minimum absolute atomic E-state index is 0.211. The van der Waals surface area contributed by atoms with Crippen molar-refractivity contribution in [3.63, 3.8) is 0 Å². The normalized spacial score (nSPS) is 19.0. The van der Waals surface area contributed by atoms with Crippen molar-refractivity contribution in [2.24, 2.45) is 10.8 Å². The number of aryl methyl sites for hydroxylation is 1. The second kappa shape index (κ2) is 9.99. The molecule has 0 aliphatic carbocycles. The maximum atomic E-state index is 15.5. The Morgan fingerprint density at radius 3 is 2.56 bits per heavy atom. The van der Waals surface area contributed by atoms with Gasteiger partial charge in [-0.15, -0.1) is 0 Å². The number of amides is 3. The van der Waals surface area contributed by atoms with Crippen molar-refractivity contribution in [3.05, 3.63) is 71.2 Å². The molecule has 0 radical (unpaired) electrons. The third-order valence-corrected chi connectivity index (χ3v) is 7.10. The molecule has 3 amide bonds. The van der Waals surface area contributed by atoms with Crippen LogP contribution < -0.4 is 20.5 Å². The fourth-order valence-corrected chi connectivity index (χ4v) is 4.96. The molecule has 39 heavy (non-hydrogen) atoms. The van der Waals surface area contributed by atoms with E-state index < -0.39 is 18.1 Å². The lowest BCUT2D eigenvalue weighted by Gasteiger charge is -2.24. The number of hydrazone groups is 1. The number of anilines is 3. The summed E-state index contributed by atoms with van der Waals surface area (Å²) in [4.78, 5) is 34.9. The van der Waals surface area contributed by atoms with Crippen molar-refractivity contribution in [2.75, 3.05) is 28.4 Å². The fraction of sp³-hybridized carbons (Fsp3) is 0.286. The molecule has 1 fully saturated rings. The fourth-order valence-electron chi connectivity index (χ4n) is 4.96. The van der Waals surface area contributed by atoms with E-state index in [1.54, 1.807) is 53.2 Å². The first kappa shape index (κ1) is 26.1. The second-order valence-corrected chi connectivity index (χ2v) is 9.74. The first-order valence-electron chi connectivity index (χ1n) is 12.6. The van der Waals surface area contributed by atoms with E-state index in [1.807, 2.05) is 26.8 Å². The van der Waals surface area contributed by atoms with Gasteiger partial charge >= 0.3 is 6.03 Å². The van der Waals surface area contributed by atoms with Crippen LogP contribution in [0.3, 0.4) is 0 Å². The lowest BCUT2D eigenvalue weighted by Crippen LogP contribution is -2.37. The predicted molar refractivity (Wildman–Crippen MR) is 148 cm³/mol. The molecule has 0 bridgehead atoms. The molecular weight excluding hydrogens is 501 g/mol. The van der Waals surface area contributed by atoms with Crippen molar-refractivity contribution in [1.29, 1.82) is 0 Å². The summed E-state index contributed by atoms with van der Waals surface area (Å²) in [5, 5.41) is 15.7. The first-order valence-corrected chi connectivity index (χ1v) is 12.6. The third-order valence-electron chi connectivity index (χ3n) is 7.10. The van der Waals surface area contributed by atoms with Crippen LogP contribution in [0.25, 0.3) is 11.1 Å². The van der Waals surface area contributed by atoms with Crippen LogP contribution in [0.2, 0.25) is 0 Å². The number of carbonyl (C=O) groups is 2. The molecule has 2 aromatic carbocycles. The Balaban J connectivity index is 1.52. The summed E-state index contributed by atoms with van der Waals surface area (Å²) in [6, 6.07) is 12.7. The Labute approximate surface area is 225 Å². The average Bonchev–Trinajstić information content (AvgIpc) is 3.41. The van der Waals surface area contributed by atoms with Crippen LogP contribution in [-0.4, -0.2) is 59.3 Å². The lowest BCUT2D eigenvalue weighted by atomic mass is 9.98. The van der Waals surface area contributed by atoms with Gasteiger partial charge in [-0.3, -0.25) is 14.6 Å². The van der Waals surface area contributed by atoms with Crippen molar-refractivity contribution in [1.82, 2.24) is 9.88 Å². The van der Waals surface area contributed by atoms with Gasteiger partial charge in [0.15, 0.2) is 0 Å². The number of carbonyl (C=O) groups excluding carboxylic acids is 2. The number of nitrogens with zero attached hydrogens (tertiary/aromatic N) is 6. The lowest BCUT2D eigenvalue weighted by molar-refractivity contribution is 0.0831. The van der Waals surface area contributed by atoms with Crippen molar-refractivity contribution >= 4 is 35.5 Å². The van der Waals surface area contributed by atoms with Gasteiger partial charge < -0.3 is 15.7 Å². The largest absolute Gasteiger partial charge is 0.366 e. The quantitative estimate of drug-likeness (QED) is 0.501. The highest BCUT2D eigenvalue weighted by Gasteiger charge is 2.38. The van der Waals surface area contributed by atoms with Gasteiger partial charge in [-0.1, -0.05) is 13.0 Å². The zero-order valence-corrected chi connectivity index (χ0v) is 22.2. The molecule has 3 heterocycles. The summed E-state index contributed by atoms with van der Waals surface area (Å²) < 4.78 is 15.5. The number of halogens is 1. The van der Waals surface area contributed by atoms with Crippen LogP contribution in [0.5, 0.6) is 0 Å². The van der Waals surface area contributed by atoms with Gasteiger partial charge in [0.05, 0.1) is 11.7 Å². The Hall–Kier alpha value is -4.51. The highest BCUT2D eigenvalue weighted by atomic mass is 19.1. The summed E-state index contributed by atoms with van der Waals surface area (Å²) >= 11 is 0. The third kappa shape index (κ3) is 4.54. The maximum Gasteiger partial charge on any atom is 0.330 e. The number of nitrogens with two attached hydrogens (primary N) is 1. The summed E-state index contributed by atoms with van der Waals surface area (Å²) in [5.41, 5.74) is 9.08. The monoisotopic (exact) mass is 531 g/mol. The van der Waals surface area contributed by atoms with E-state index in [-0.39, 0.29) is 12.1 Å². The Morgan fingerprint density at radius 2 is 1.92 bits per heavy atom. The topological polar surface area (TPSA) is 119 Å². The second-order valence-electron chi connectivity index (χ2n) is 9.74. The zero-order valence-electron chi connectivity index (χ0n) is 22.2. The van der Waals surface area contributed by atoms with E-state index in [1.165, 1.54) is 22.3 Å². The van der Waals surface area contributed by atoms with Gasteiger partial charge in [0.25, 0.3) is 0 Å². The maximum absolute atomic E-state index is 15.5. The van der Waals surface area contributed by atoms with E-state index in [2.05, 4.69) is 5.10 Å². The number of urea groups is 1. The summed E-state index contributed by atoms with van der Waals surface area (Å²) in [6.45, 7) is 6.05. The molecule has 11 heteroatoms. The van der Waals surface area contributed by atoms with Crippen molar-refractivity contribution < 1.29 is 19.1 Å². The number of hydrogen-bond acceptors (Lipinski definition) is 7. The van der Waals surface area contributed by atoms with E-state index in [0.717, 1.165) is 0 Å². The zero-order chi connectivity index (χ0) is 28.0. The standard InChI is InChI=1S/C28H30FN7O3/c1-5-19-12-23(22-10-9-21(13-24(22)29)36-27(38)33(4)15-31-36)17(3)26(32-19)34-14-16(2)35(28(34)39)20-8-6-7-18(11-20)25(30)37/h6-13,15-16,27,38H,5,14H2,1-4H3,(H2,30,37)/t16-,27?/m0/s1. The van der Waals surface area contributed by atoms with Crippen LogP contribution in [0, 0.1) is 12.7 Å². The number of rotatable bonds is 6. The molecule has 3 N–H and O–H groups in total. The van der Waals surface area contributed by atoms with Gasteiger partial charge in [0.1, 0.15) is 18.0 Å². The first-order chi connectivity index (χ1) is 18.6. The molecule has 3 aromatic rings. The smallest absolute Gasteiger partial charge is 0.330 e. The predicted octanol–water partition coefficient (Wildman–Crippen LogP) is 3.66. The molecule has 2 aliphatic rings. The van der Waals surface area contributed by atoms with Crippen molar-refractivity contribution in [2.45, 2.75) is 39.6 Å². The molecule has 1 saturated heterocycles. The van der Waals surface area contributed by atoms with Crippen LogP contribution in [-0.2, 0) is 6.42 Å². The van der Waals surface area contributed by atoms with Crippen LogP contribution in [0.1, 0.15) is 35.5 Å². The van der Waals surface area contributed by atoms with Crippen LogP contribution in [0.4, 0.5) is 26.4 Å². The molecular formula is C28H30FN7O3. The SMILES string of the molecule is CCc1cc(-c2ccc(N3N=CN(C)C3O)cc2F)c(C)c(N2C[C@H](C)N(c3cccc(C(N)=O)c3)C2=O)n1. The summed E-state index contributed by atoms with van der Waals surface area (Å²) in [6.07, 6.45) is 1.03. The number of aliphatic hydroxyl groups is 1. The number of hydrogen-bond donors (Lipinski definition) is 2. The minimum Gasteiger partial charge on any atom is -0.366 e. The highest BCUT2D eigenvalue weighted by molar-refractivity contribution is 6.07. The molecule has 5 rings (SSSR count). The minimum atomic E-state index is -1.02. The number of aromatic nitrogens is 1. The van der Waals surface area contributed by atoms with Gasteiger partial charge in [0, 0.05) is 41.7 Å². The molecule has 0 spiro atoms. The number of benzene rings is 2. The highest BCUT2D eigenvalue weighted by Crippen LogP contribution is 2.37. The van der Waals surface area contributed by atoms with Gasteiger partial charge in [-0.05, 0) is 68.3 Å². The molecule has 1 aromatic heterocycles. The van der Waals surface area contributed by atoms with Crippen LogP contribution in [0.15, 0.2) is 53.6 Å². The van der Waals surface area contributed by atoms with Crippen molar-refractivity contribution in [3.8, 4) is 11.1 Å².